The lowest BCUT2D eigenvalue weighted by Gasteiger charge is -2.26. The van der Waals surface area contributed by atoms with E-state index in [4.69, 9.17) is 9.40 Å². The molecule has 48 heavy (non-hydrogen) atoms. The van der Waals surface area contributed by atoms with Crippen LogP contribution in [-0.4, -0.2) is 4.98 Å². The molecule has 0 amide bonds. The number of thiophene rings is 2. The van der Waals surface area contributed by atoms with Crippen molar-refractivity contribution in [2.45, 2.75) is 0 Å². The van der Waals surface area contributed by atoms with Crippen molar-refractivity contribution in [1.29, 1.82) is 0 Å². The molecule has 10 aromatic rings. The zero-order chi connectivity index (χ0) is 31.6. The van der Waals surface area contributed by atoms with Crippen LogP contribution >= 0.6 is 22.7 Å². The van der Waals surface area contributed by atoms with Gasteiger partial charge in [0.05, 0.1) is 0 Å². The minimum atomic E-state index is 0.648. The van der Waals surface area contributed by atoms with E-state index >= 15 is 0 Å². The molecule has 0 saturated heterocycles. The number of oxazole rings is 1. The van der Waals surface area contributed by atoms with E-state index in [1.54, 1.807) is 11.3 Å². The predicted octanol–water partition coefficient (Wildman–Crippen LogP) is 13.4. The van der Waals surface area contributed by atoms with Gasteiger partial charge in [-0.25, -0.2) is 4.98 Å². The van der Waals surface area contributed by atoms with Gasteiger partial charge in [0.2, 0.25) is 5.89 Å². The Hall–Kier alpha value is -5.75. The summed E-state index contributed by atoms with van der Waals surface area (Å²) >= 11 is 3.65. The molecule has 10 rings (SSSR count). The van der Waals surface area contributed by atoms with Gasteiger partial charge in [-0.05, 0) is 83.9 Å². The minimum Gasteiger partial charge on any atom is -0.436 e. The zero-order valence-electron chi connectivity index (χ0n) is 25.6. The summed E-state index contributed by atoms with van der Waals surface area (Å²) in [5.74, 6) is 0.648. The van der Waals surface area contributed by atoms with Crippen molar-refractivity contribution in [3.63, 3.8) is 0 Å². The molecule has 0 radical (unpaired) electrons. The van der Waals surface area contributed by atoms with Crippen molar-refractivity contribution >= 4 is 91.2 Å². The summed E-state index contributed by atoms with van der Waals surface area (Å²) in [6.07, 6.45) is 0. The molecule has 5 heteroatoms. The molecule has 0 aliphatic carbocycles. The van der Waals surface area contributed by atoms with E-state index in [1.807, 2.05) is 41.7 Å². The first-order chi connectivity index (χ1) is 23.7. The van der Waals surface area contributed by atoms with E-state index in [1.165, 1.54) is 51.5 Å². The molecule has 3 aromatic heterocycles. The highest BCUT2D eigenvalue weighted by Gasteiger charge is 2.18. The molecular formula is C43H26N2OS2. The fourth-order valence-corrected chi connectivity index (χ4v) is 9.00. The fourth-order valence-electron chi connectivity index (χ4n) is 6.76. The van der Waals surface area contributed by atoms with E-state index in [9.17, 15) is 0 Å². The molecule has 0 spiro atoms. The number of anilines is 3. The third-order valence-electron chi connectivity index (χ3n) is 9.10. The summed E-state index contributed by atoms with van der Waals surface area (Å²) in [4.78, 5) is 7.21. The van der Waals surface area contributed by atoms with E-state index in [2.05, 4.69) is 132 Å². The third-order valence-corrected chi connectivity index (χ3v) is 11.4. The Morgan fingerprint density at radius 1 is 0.417 bits per heavy atom. The van der Waals surface area contributed by atoms with Crippen LogP contribution in [0.3, 0.4) is 0 Å². The van der Waals surface area contributed by atoms with Crippen molar-refractivity contribution < 1.29 is 4.42 Å². The summed E-state index contributed by atoms with van der Waals surface area (Å²) in [7, 11) is 0. The van der Waals surface area contributed by atoms with Gasteiger partial charge in [-0.3, -0.25) is 0 Å². The quantitative estimate of drug-likeness (QED) is 0.186. The van der Waals surface area contributed by atoms with Crippen molar-refractivity contribution in [2.24, 2.45) is 0 Å². The first-order valence-electron chi connectivity index (χ1n) is 15.9. The number of benzene rings is 7. The Balaban J connectivity index is 1.14. The lowest BCUT2D eigenvalue weighted by Crippen LogP contribution is -2.09. The average molecular weight is 651 g/mol. The molecule has 3 heterocycles. The maximum Gasteiger partial charge on any atom is 0.227 e. The van der Waals surface area contributed by atoms with Crippen molar-refractivity contribution in [3.8, 4) is 22.6 Å². The van der Waals surface area contributed by atoms with Gasteiger partial charge in [0.25, 0.3) is 0 Å². The van der Waals surface area contributed by atoms with Crippen molar-refractivity contribution in [1.82, 2.24) is 4.98 Å². The summed E-state index contributed by atoms with van der Waals surface area (Å²) in [6, 6.07) is 56.3. The summed E-state index contributed by atoms with van der Waals surface area (Å²) in [6.45, 7) is 0. The van der Waals surface area contributed by atoms with Gasteiger partial charge in [-0.15, -0.1) is 22.7 Å². The van der Waals surface area contributed by atoms with Crippen LogP contribution in [0.15, 0.2) is 162 Å². The second-order valence-corrected chi connectivity index (χ2v) is 14.2. The minimum absolute atomic E-state index is 0.648. The van der Waals surface area contributed by atoms with Crippen LogP contribution in [0.2, 0.25) is 0 Å². The van der Waals surface area contributed by atoms with Gasteiger partial charge in [-0.2, -0.15) is 0 Å². The van der Waals surface area contributed by atoms with Crippen LogP contribution < -0.4 is 4.90 Å². The molecule has 226 valence electrons. The normalized spacial score (nSPS) is 11.8. The largest absolute Gasteiger partial charge is 0.436 e. The number of rotatable bonds is 5. The Morgan fingerprint density at radius 2 is 1.00 bits per heavy atom. The lowest BCUT2D eigenvalue weighted by molar-refractivity contribution is 0.620. The van der Waals surface area contributed by atoms with Crippen LogP contribution in [0.5, 0.6) is 0 Å². The smallest absolute Gasteiger partial charge is 0.227 e. The summed E-state index contributed by atoms with van der Waals surface area (Å²) in [5, 5.41) is 4.99. The van der Waals surface area contributed by atoms with Crippen LogP contribution in [0.25, 0.3) is 74.0 Å². The summed E-state index contributed by atoms with van der Waals surface area (Å²) in [5.41, 5.74) is 8.42. The highest BCUT2D eigenvalue weighted by atomic mass is 32.1. The molecule has 0 fully saturated rings. The SMILES string of the molecule is c1ccc(-c2ccc(N(c3ccc4c(c3)sc3ccccc34)c3ccc4sc5cc6nc(-c7ccccc7)oc6cc5c4c3)cc2)cc1. The van der Waals surface area contributed by atoms with Gasteiger partial charge < -0.3 is 9.32 Å². The highest BCUT2D eigenvalue weighted by molar-refractivity contribution is 7.26. The van der Waals surface area contributed by atoms with Gasteiger partial charge in [0, 0.05) is 63.0 Å². The van der Waals surface area contributed by atoms with Crippen LogP contribution in [0, 0.1) is 0 Å². The van der Waals surface area contributed by atoms with Crippen LogP contribution in [-0.2, 0) is 0 Å². The Bertz CT molecular complexity index is 2780. The van der Waals surface area contributed by atoms with E-state index in [-0.39, 0.29) is 0 Å². The molecule has 0 N–H and O–H groups in total. The molecule has 0 saturated carbocycles. The number of aromatic nitrogens is 1. The zero-order valence-corrected chi connectivity index (χ0v) is 27.3. The first-order valence-corrected chi connectivity index (χ1v) is 17.6. The highest BCUT2D eigenvalue weighted by Crippen LogP contribution is 2.44. The number of hydrogen-bond donors (Lipinski definition) is 0. The maximum absolute atomic E-state index is 6.29. The summed E-state index contributed by atoms with van der Waals surface area (Å²) < 4.78 is 11.3. The van der Waals surface area contributed by atoms with Crippen molar-refractivity contribution in [3.05, 3.63) is 158 Å². The number of nitrogens with zero attached hydrogens (tertiary/aromatic N) is 2. The monoisotopic (exact) mass is 650 g/mol. The Morgan fingerprint density at radius 3 is 1.81 bits per heavy atom. The van der Waals surface area contributed by atoms with E-state index < -0.39 is 0 Å². The van der Waals surface area contributed by atoms with Crippen LogP contribution in [0.1, 0.15) is 0 Å². The predicted molar refractivity (Wildman–Crippen MR) is 205 cm³/mol. The standard InChI is InChI=1S/C43H26N2OS2/c1-3-9-27(10-4-1)28-15-17-30(18-16-28)45(32-19-21-34-33-13-7-8-14-39(33)47-41(34)24-32)31-20-22-40-35(23-31)36-25-38-37(26-42(36)48-40)44-43(46-38)29-11-5-2-6-12-29/h1-26H. The third kappa shape index (κ3) is 4.51. The van der Waals surface area contributed by atoms with E-state index in [0.29, 0.717) is 5.89 Å². The molecule has 0 aliphatic heterocycles. The molecule has 7 aromatic carbocycles. The Labute approximate surface area is 284 Å². The lowest BCUT2D eigenvalue weighted by atomic mass is 10.0. The Kier molecular flexibility index (Phi) is 6.22. The number of hydrogen-bond acceptors (Lipinski definition) is 5. The topological polar surface area (TPSA) is 29.3 Å². The molecular weight excluding hydrogens is 625 g/mol. The van der Waals surface area contributed by atoms with E-state index in [0.717, 1.165) is 33.7 Å². The number of fused-ring (bicyclic) bond motifs is 7. The second kappa shape index (κ2) is 10.9. The fraction of sp³-hybridized carbons (Fsp3) is 0. The average Bonchev–Trinajstić information content (AvgIpc) is 3.84. The van der Waals surface area contributed by atoms with Crippen molar-refractivity contribution in [2.75, 3.05) is 4.90 Å². The van der Waals surface area contributed by atoms with Gasteiger partial charge in [0.15, 0.2) is 5.58 Å². The van der Waals surface area contributed by atoms with Gasteiger partial charge in [0.1, 0.15) is 5.52 Å². The molecule has 0 bridgehead atoms. The van der Waals surface area contributed by atoms with Gasteiger partial charge in [-0.1, -0.05) is 84.9 Å². The first kappa shape index (κ1) is 27.4. The molecule has 3 nitrogen and oxygen atoms in total. The maximum atomic E-state index is 6.29. The molecule has 0 unspecified atom stereocenters. The van der Waals surface area contributed by atoms with Crippen LogP contribution in [0.4, 0.5) is 17.1 Å². The molecule has 0 atom stereocenters. The van der Waals surface area contributed by atoms with Gasteiger partial charge >= 0.3 is 0 Å². The molecule has 0 aliphatic rings. The second-order valence-electron chi connectivity index (χ2n) is 12.0.